The van der Waals surface area contributed by atoms with E-state index in [1.807, 2.05) is 13.8 Å². The second-order valence-electron chi connectivity index (χ2n) is 6.63. The molecule has 0 aliphatic heterocycles. The number of ether oxygens (including phenoxy) is 1. The number of aromatic nitrogens is 2. The molecule has 2 aromatic rings. The number of hydrogen-bond donors (Lipinski definition) is 1. The van der Waals surface area contributed by atoms with Gasteiger partial charge in [0.25, 0.3) is 17.0 Å². The highest BCUT2D eigenvalue weighted by Gasteiger charge is 2.16. The SMILES string of the molecule is CCCCN(CCCC)C(=O)COC(=O)Cn1[nH]c(=O)c2ccccc2c1=O. The monoisotopic (exact) mass is 389 g/mol. The predicted molar refractivity (Wildman–Crippen MR) is 106 cm³/mol. The van der Waals surface area contributed by atoms with Crippen LogP contribution in [0.25, 0.3) is 10.8 Å². The van der Waals surface area contributed by atoms with Gasteiger partial charge in [-0.1, -0.05) is 38.8 Å². The number of unbranched alkanes of at least 4 members (excludes halogenated alkanes) is 2. The Balaban J connectivity index is 2.01. The van der Waals surface area contributed by atoms with Crippen LogP contribution in [0.4, 0.5) is 0 Å². The molecule has 8 heteroatoms. The summed E-state index contributed by atoms with van der Waals surface area (Å²) in [5, 5.41) is 2.85. The normalized spacial score (nSPS) is 10.8. The molecule has 2 rings (SSSR count). The highest BCUT2D eigenvalue weighted by Crippen LogP contribution is 2.03. The van der Waals surface area contributed by atoms with Gasteiger partial charge < -0.3 is 9.64 Å². The van der Waals surface area contributed by atoms with Crippen molar-refractivity contribution in [3.8, 4) is 0 Å². The zero-order valence-electron chi connectivity index (χ0n) is 16.4. The molecule has 152 valence electrons. The van der Waals surface area contributed by atoms with E-state index < -0.39 is 23.6 Å². The van der Waals surface area contributed by atoms with Crippen molar-refractivity contribution in [3.63, 3.8) is 0 Å². The molecule has 0 spiro atoms. The fourth-order valence-corrected chi connectivity index (χ4v) is 2.83. The van der Waals surface area contributed by atoms with Crippen molar-refractivity contribution >= 4 is 22.6 Å². The summed E-state index contributed by atoms with van der Waals surface area (Å²) in [7, 11) is 0. The first kappa shape index (κ1) is 21.4. The van der Waals surface area contributed by atoms with E-state index in [1.165, 1.54) is 12.1 Å². The fourth-order valence-electron chi connectivity index (χ4n) is 2.83. The summed E-state index contributed by atoms with van der Waals surface area (Å²) in [5.74, 6) is -1.01. The Morgan fingerprint density at radius 1 is 1.04 bits per heavy atom. The number of fused-ring (bicyclic) bond motifs is 1. The number of benzene rings is 1. The first-order valence-corrected chi connectivity index (χ1v) is 9.63. The number of nitrogens with zero attached hydrogens (tertiary/aromatic N) is 2. The third-order valence-corrected chi connectivity index (χ3v) is 4.44. The van der Waals surface area contributed by atoms with Crippen LogP contribution in [-0.2, 0) is 20.9 Å². The van der Waals surface area contributed by atoms with Crippen LogP contribution in [0, 0.1) is 0 Å². The minimum atomic E-state index is -0.757. The molecule has 1 heterocycles. The molecule has 0 bridgehead atoms. The maximum Gasteiger partial charge on any atom is 0.328 e. The van der Waals surface area contributed by atoms with Crippen LogP contribution in [0.1, 0.15) is 39.5 Å². The van der Waals surface area contributed by atoms with E-state index in [9.17, 15) is 19.2 Å². The highest BCUT2D eigenvalue weighted by atomic mass is 16.5. The van der Waals surface area contributed by atoms with Crippen molar-refractivity contribution in [1.82, 2.24) is 14.7 Å². The average Bonchev–Trinajstić information content (AvgIpc) is 2.70. The number of H-pyrrole nitrogens is 1. The van der Waals surface area contributed by atoms with E-state index in [4.69, 9.17) is 4.74 Å². The number of nitrogens with one attached hydrogen (secondary N) is 1. The minimum Gasteiger partial charge on any atom is -0.454 e. The fraction of sp³-hybridized carbons (Fsp3) is 0.500. The standard InChI is InChI=1S/C20H27N3O5/c1-3-5-11-22(12-6-4-2)17(24)14-28-18(25)13-23-20(27)16-10-8-7-9-15(16)19(26)21-23/h7-10H,3-6,11-14H2,1-2H3,(H,21,26). The summed E-state index contributed by atoms with van der Waals surface area (Å²) in [5.41, 5.74) is -0.963. The molecule has 0 saturated carbocycles. The number of hydrogen-bond acceptors (Lipinski definition) is 5. The maximum atomic E-state index is 12.4. The van der Waals surface area contributed by atoms with Crippen LogP contribution in [0.5, 0.6) is 0 Å². The summed E-state index contributed by atoms with van der Waals surface area (Å²) in [6, 6.07) is 6.37. The zero-order chi connectivity index (χ0) is 20.5. The average molecular weight is 389 g/mol. The van der Waals surface area contributed by atoms with Gasteiger partial charge in [0.2, 0.25) is 0 Å². The lowest BCUT2D eigenvalue weighted by Gasteiger charge is -2.22. The second kappa shape index (κ2) is 10.4. The van der Waals surface area contributed by atoms with Gasteiger partial charge in [0, 0.05) is 13.1 Å². The number of rotatable bonds is 10. The number of esters is 1. The van der Waals surface area contributed by atoms with Gasteiger partial charge in [-0.3, -0.25) is 24.3 Å². The third kappa shape index (κ3) is 5.55. The van der Waals surface area contributed by atoms with Crippen molar-refractivity contribution in [3.05, 3.63) is 45.0 Å². The molecule has 28 heavy (non-hydrogen) atoms. The molecule has 0 fully saturated rings. The van der Waals surface area contributed by atoms with E-state index in [2.05, 4.69) is 5.10 Å². The summed E-state index contributed by atoms with van der Waals surface area (Å²) < 4.78 is 5.95. The molecule has 0 aliphatic rings. The van der Waals surface area contributed by atoms with E-state index >= 15 is 0 Å². The van der Waals surface area contributed by atoms with Crippen LogP contribution in [0.2, 0.25) is 0 Å². The van der Waals surface area contributed by atoms with Crippen LogP contribution >= 0.6 is 0 Å². The van der Waals surface area contributed by atoms with Crippen molar-refractivity contribution < 1.29 is 14.3 Å². The molecule has 0 saturated heterocycles. The zero-order valence-corrected chi connectivity index (χ0v) is 16.4. The van der Waals surface area contributed by atoms with Crippen LogP contribution in [0.3, 0.4) is 0 Å². The lowest BCUT2D eigenvalue weighted by atomic mass is 10.2. The van der Waals surface area contributed by atoms with E-state index in [-0.39, 0.29) is 23.3 Å². The van der Waals surface area contributed by atoms with Gasteiger partial charge in [-0.05, 0) is 25.0 Å². The Kier molecular flexibility index (Phi) is 7.98. The molecule has 0 atom stereocenters. The Hall–Kier alpha value is -2.90. The van der Waals surface area contributed by atoms with Crippen molar-refractivity contribution in [2.45, 2.75) is 46.1 Å². The Morgan fingerprint density at radius 2 is 1.64 bits per heavy atom. The van der Waals surface area contributed by atoms with Crippen molar-refractivity contribution in [2.24, 2.45) is 0 Å². The molecule has 0 aliphatic carbocycles. The van der Waals surface area contributed by atoms with Gasteiger partial charge in [-0.25, -0.2) is 4.68 Å². The van der Waals surface area contributed by atoms with Crippen molar-refractivity contribution in [2.75, 3.05) is 19.7 Å². The summed E-state index contributed by atoms with van der Waals surface area (Å²) in [6.45, 7) is 4.51. The first-order valence-electron chi connectivity index (χ1n) is 9.63. The number of aromatic amines is 1. The molecule has 1 aromatic carbocycles. The van der Waals surface area contributed by atoms with Crippen LogP contribution in [-0.4, -0.2) is 46.3 Å². The molecule has 0 radical (unpaired) electrons. The number of carbonyl (C=O) groups excluding carboxylic acids is 2. The van der Waals surface area contributed by atoms with Gasteiger partial charge >= 0.3 is 5.97 Å². The molecule has 0 unspecified atom stereocenters. The predicted octanol–water partition coefficient (Wildman–Crippen LogP) is 1.66. The Bertz CT molecular complexity index is 923. The Labute approximate surface area is 163 Å². The third-order valence-electron chi connectivity index (χ3n) is 4.44. The van der Waals surface area contributed by atoms with Crippen LogP contribution < -0.4 is 11.1 Å². The van der Waals surface area contributed by atoms with Gasteiger partial charge in [0.1, 0.15) is 6.54 Å². The lowest BCUT2D eigenvalue weighted by Crippen LogP contribution is -2.37. The van der Waals surface area contributed by atoms with Gasteiger partial charge in [-0.15, -0.1) is 0 Å². The lowest BCUT2D eigenvalue weighted by molar-refractivity contribution is -0.152. The minimum absolute atomic E-state index is 0.223. The molecule has 1 amide bonds. The van der Waals surface area contributed by atoms with E-state index in [1.54, 1.807) is 17.0 Å². The number of amides is 1. The summed E-state index contributed by atoms with van der Waals surface area (Å²) in [6.07, 6.45) is 3.70. The largest absolute Gasteiger partial charge is 0.454 e. The summed E-state index contributed by atoms with van der Waals surface area (Å²) in [4.78, 5) is 50.6. The maximum absolute atomic E-state index is 12.4. The first-order chi connectivity index (χ1) is 13.5. The Morgan fingerprint density at radius 3 is 2.25 bits per heavy atom. The molecular formula is C20H27N3O5. The second-order valence-corrected chi connectivity index (χ2v) is 6.63. The van der Waals surface area contributed by atoms with Crippen molar-refractivity contribution in [1.29, 1.82) is 0 Å². The molecular weight excluding hydrogens is 362 g/mol. The van der Waals surface area contributed by atoms with Gasteiger partial charge in [-0.2, -0.15) is 0 Å². The van der Waals surface area contributed by atoms with Gasteiger partial charge in [0.15, 0.2) is 6.61 Å². The molecule has 1 aromatic heterocycles. The smallest absolute Gasteiger partial charge is 0.328 e. The topological polar surface area (TPSA) is 101 Å². The molecule has 1 N–H and O–H groups in total. The number of carbonyl (C=O) groups is 2. The van der Waals surface area contributed by atoms with E-state index in [0.717, 1.165) is 30.4 Å². The highest BCUT2D eigenvalue weighted by molar-refractivity contribution is 5.82. The summed E-state index contributed by atoms with van der Waals surface area (Å²) >= 11 is 0. The molecule has 8 nitrogen and oxygen atoms in total. The van der Waals surface area contributed by atoms with Gasteiger partial charge in [0.05, 0.1) is 10.8 Å². The quantitative estimate of drug-likeness (QED) is 0.623. The van der Waals surface area contributed by atoms with E-state index in [0.29, 0.717) is 13.1 Å². The van der Waals surface area contributed by atoms with Crippen LogP contribution in [0.15, 0.2) is 33.9 Å².